The Morgan fingerprint density at radius 1 is 0.848 bits per heavy atom. The fourth-order valence-corrected chi connectivity index (χ4v) is 5.97. The van der Waals surface area contributed by atoms with E-state index in [1.807, 2.05) is 73.7 Å². The molecule has 3 unspecified atom stereocenters. The van der Waals surface area contributed by atoms with Gasteiger partial charge in [0, 0.05) is 41.5 Å². The number of aromatic nitrogens is 1. The van der Waals surface area contributed by atoms with Gasteiger partial charge in [-0.1, -0.05) is 90.5 Å². The number of benzene rings is 4. The summed E-state index contributed by atoms with van der Waals surface area (Å²) in [5.74, 6) is -4.56. The predicted molar refractivity (Wildman–Crippen MR) is 182 cm³/mol. The highest BCUT2D eigenvalue weighted by Crippen LogP contribution is 2.31. The summed E-state index contributed by atoms with van der Waals surface area (Å²) in [5.41, 5.74) is 3.62. The highest BCUT2D eigenvalue weighted by Gasteiger charge is 2.32. The molecule has 46 heavy (non-hydrogen) atoms. The first-order chi connectivity index (χ1) is 22.2. The number of carbonyl (C=O) groups excluding carboxylic acids is 1. The molecule has 234 valence electrons. The van der Waals surface area contributed by atoms with Crippen LogP contribution in [0.3, 0.4) is 0 Å². The largest absolute Gasteiger partial charge is 0.481 e. The SMILES string of the molecule is CC(C(CC=Cc1ccc2ccccc2c1)c1ccc(Cl)cc1)N(Cc1cnc2ccccc2c1)C(=O)CC(CC(=O)O)C(=O)O. The predicted octanol–water partition coefficient (Wildman–Crippen LogP) is 8.21. The maximum atomic E-state index is 14.0. The Balaban J connectivity index is 1.48. The summed E-state index contributed by atoms with van der Waals surface area (Å²) in [4.78, 5) is 43.6. The molecule has 1 heterocycles. The molecule has 5 rings (SSSR count). The molecule has 1 aromatic heterocycles. The van der Waals surface area contributed by atoms with Crippen LogP contribution in [0, 0.1) is 5.92 Å². The van der Waals surface area contributed by atoms with Crippen LogP contribution in [0.2, 0.25) is 5.02 Å². The van der Waals surface area contributed by atoms with Gasteiger partial charge in [0.1, 0.15) is 0 Å². The Kier molecular flexibility index (Phi) is 10.5. The van der Waals surface area contributed by atoms with Crippen LogP contribution < -0.4 is 0 Å². The standard InChI is InChI=1S/C38H35ClN2O5/c1-25(34(29-15-17-33(39)18-16-29)11-6-7-26-13-14-28-8-2-3-9-30(28)19-26)41(36(42)21-32(38(45)46)22-37(43)44)24-27-20-31-10-4-5-12-35(31)40-23-27/h2-10,12-20,23,25,32,34H,11,21-22,24H2,1H3,(H,43,44)(H,45,46). The second kappa shape index (κ2) is 14.8. The summed E-state index contributed by atoms with van der Waals surface area (Å²) in [6.07, 6.45) is 5.37. The van der Waals surface area contributed by atoms with Crippen molar-refractivity contribution in [2.45, 2.75) is 44.7 Å². The fraction of sp³-hybridized carbons (Fsp3) is 0.211. The first-order valence-electron chi connectivity index (χ1n) is 15.2. The Morgan fingerprint density at radius 3 is 2.26 bits per heavy atom. The van der Waals surface area contributed by atoms with Crippen LogP contribution >= 0.6 is 11.6 Å². The maximum absolute atomic E-state index is 14.0. The summed E-state index contributed by atoms with van der Waals surface area (Å²) in [5, 5.41) is 22.9. The van der Waals surface area contributed by atoms with Gasteiger partial charge >= 0.3 is 11.9 Å². The summed E-state index contributed by atoms with van der Waals surface area (Å²) < 4.78 is 0. The average molecular weight is 635 g/mol. The van der Waals surface area contributed by atoms with Crippen molar-refractivity contribution >= 4 is 57.2 Å². The van der Waals surface area contributed by atoms with Gasteiger partial charge in [-0.15, -0.1) is 0 Å². The first kappa shape index (κ1) is 32.4. The lowest BCUT2D eigenvalue weighted by Crippen LogP contribution is -2.43. The van der Waals surface area contributed by atoms with E-state index >= 15 is 0 Å². The molecule has 0 saturated heterocycles. The summed E-state index contributed by atoms with van der Waals surface area (Å²) >= 11 is 6.24. The molecule has 0 aliphatic rings. The van der Waals surface area contributed by atoms with Gasteiger partial charge in [0.05, 0.1) is 17.9 Å². The normalized spacial score (nSPS) is 13.4. The minimum absolute atomic E-state index is 0.176. The van der Waals surface area contributed by atoms with Crippen molar-refractivity contribution < 1.29 is 24.6 Å². The minimum atomic E-state index is -1.35. The van der Waals surface area contributed by atoms with E-state index in [1.54, 1.807) is 11.1 Å². The van der Waals surface area contributed by atoms with Crippen LogP contribution in [0.15, 0.2) is 109 Å². The van der Waals surface area contributed by atoms with Crippen molar-refractivity contribution in [3.05, 3.63) is 131 Å². The van der Waals surface area contributed by atoms with E-state index in [9.17, 15) is 24.6 Å². The molecule has 0 fully saturated rings. The van der Waals surface area contributed by atoms with E-state index in [1.165, 1.54) is 0 Å². The smallest absolute Gasteiger partial charge is 0.307 e. The van der Waals surface area contributed by atoms with Gasteiger partial charge in [0.25, 0.3) is 0 Å². The van der Waals surface area contributed by atoms with Gasteiger partial charge < -0.3 is 15.1 Å². The molecule has 2 N–H and O–H groups in total. The number of hydrogen-bond acceptors (Lipinski definition) is 4. The second-order valence-electron chi connectivity index (χ2n) is 11.5. The van der Waals surface area contributed by atoms with E-state index in [0.29, 0.717) is 11.4 Å². The van der Waals surface area contributed by atoms with Gasteiger partial charge in [-0.2, -0.15) is 0 Å². The topological polar surface area (TPSA) is 108 Å². The number of pyridine rings is 1. The van der Waals surface area contributed by atoms with Gasteiger partial charge in [-0.05, 0) is 71.1 Å². The van der Waals surface area contributed by atoms with Crippen molar-refractivity contribution in [3.63, 3.8) is 0 Å². The van der Waals surface area contributed by atoms with Gasteiger partial charge in [-0.3, -0.25) is 19.4 Å². The number of hydrogen-bond donors (Lipinski definition) is 2. The number of nitrogens with zero attached hydrogens (tertiary/aromatic N) is 2. The Labute approximate surface area is 272 Å². The number of aliphatic carboxylic acids is 2. The Hall–Kier alpha value is -5.01. The van der Waals surface area contributed by atoms with Crippen molar-refractivity contribution in [1.29, 1.82) is 0 Å². The van der Waals surface area contributed by atoms with Crippen molar-refractivity contribution in [3.8, 4) is 0 Å². The van der Waals surface area contributed by atoms with Crippen molar-refractivity contribution in [1.82, 2.24) is 9.88 Å². The maximum Gasteiger partial charge on any atom is 0.307 e. The van der Waals surface area contributed by atoms with E-state index in [4.69, 9.17) is 11.6 Å². The van der Waals surface area contributed by atoms with Crippen LogP contribution in [-0.4, -0.2) is 44.0 Å². The van der Waals surface area contributed by atoms with Gasteiger partial charge in [-0.25, -0.2) is 0 Å². The van der Waals surface area contributed by atoms with Crippen molar-refractivity contribution in [2.24, 2.45) is 5.92 Å². The molecule has 0 saturated carbocycles. The lowest BCUT2D eigenvalue weighted by atomic mass is 9.87. The number of halogens is 1. The number of para-hydroxylation sites is 1. The Bertz CT molecular complexity index is 1890. The highest BCUT2D eigenvalue weighted by atomic mass is 35.5. The number of carboxylic acids is 2. The molecule has 0 aliphatic carbocycles. The zero-order chi connectivity index (χ0) is 32.6. The quantitative estimate of drug-likeness (QED) is 0.135. The van der Waals surface area contributed by atoms with Gasteiger partial charge in [0.2, 0.25) is 5.91 Å². The second-order valence-corrected chi connectivity index (χ2v) is 12.0. The van der Waals surface area contributed by atoms with E-state index < -0.39 is 42.6 Å². The van der Waals surface area contributed by atoms with Crippen LogP contribution in [0.1, 0.15) is 48.8 Å². The molecular weight excluding hydrogens is 600 g/mol. The molecule has 5 aromatic rings. The number of amides is 1. The molecular formula is C38H35ClN2O5. The Morgan fingerprint density at radius 2 is 1.54 bits per heavy atom. The minimum Gasteiger partial charge on any atom is -0.481 e. The number of fused-ring (bicyclic) bond motifs is 2. The van der Waals surface area contributed by atoms with E-state index in [-0.39, 0.29) is 12.5 Å². The summed E-state index contributed by atoms with van der Waals surface area (Å²) in [7, 11) is 0. The monoisotopic (exact) mass is 634 g/mol. The third-order valence-corrected chi connectivity index (χ3v) is 8.61. The van der Waals surface area contributed by atoms with Crippen LogP contribution in [0.25, 0.3) is 27.8 Å². The lowest BCUT2D eigenvalue weighted by Gasteiger charge is -2.36. The van der Waals surface area contributed by atoms with E-state index in [2.05, 4.69) is 47.5 Å². The highest BCUT2D eigenvalue weighted by molar-refractivity contribution is 6.30. The zero-order valence-corrected chi connectivity index (χ0v) is 26.2. The molecule has 0 spiro atoms. The number of allylic oxidation sites excluding steroid dienone is 1. The molecule has 4 aromatic carbocycles. The van der Waals surface area contributed by atoms with Gasteiger partial charge in [0.15, 0.2) is 0 Å². The third-order valence-electron chi connectivity index (χ3n) is 8.36. The van der Waals surface area contributed by atoms with Crippen LogP contribution in [0.4, 0.5) is 0 Å². The molecule has 0 bridgehead atoms. The molecule has 7 nitrogen and oxygen atoms in total. The lowest BCUT2D eigenvalue weighted by molar-refractivity contribution is -0.151. The zero-order valence-electron chi connectivity index (χ0n) is 25.4. The van der Waals surface area contributed by atoms with Crippen molar-refractivity contribution in [2.75, 3.05) is 0 Å². The third kappa shape index (κ3) is 8.17. The molecule has 0 aliphatic heterocycles. The van der Waals surface area contributed by atoms with E-state index in [0.717, 1.165) is 38.4 Å². The first-order valence-corrected chi connectivity index (χ1v) is 15.5. The van der Waals surface area contributed by atoms with Crippen LogP contribution in [0.5, 0.6) is 0 Å². The number of carboxylic acid groups (broad SMARTS) is 2. The molecule has 8 heteroatoms. The summed E-state index contributed by atoms with van der Waals surface area (Å²) in [6, 6.07) is 31.2. The number of rotatable bonds is 13. The summed E-state index contributed by atoms with van der Waals surface area (Å²) in [6.45, 7) is 2.12. The molecule has 0 radical (unpaired) electrons. The van der Waals surface area contributed by atoms with Crippen LogP contribution in [-0.2, 0) is 20.9 Å². The fourth-order valence-electron chi connectivity index (χ4n) is 5.85. The number of carbonyl (C=O) groups is 3. The molecule has 1 amide bonds. The average Bonchev–Trinajstić information content (AvgIpc) is 3.05. The molecule has 3 atom stereocenters.